The van der Waals surface area contributed by atoms with Crippen LogP contribution in [0.1, 0.15) is 61.3 Å². The number of fused-ring (bicyclic) bond motifs is 2. The number of para-hydroxylation sites is 1. The minimum absolute atomic E-state index is 0.103. The highest BCUT2D eigenvalue weighted by molar-refractivity contribution is 5.99. The van der Waals surface area contributed by atoms with E-state index in [-0.39, 0.29) is 17.1 Å². The Hall–Kier alpha value is -3.32. The van der Waals surface area contributed by atoms with Gasteiger partial charge in [0, 0.05) is 20.3 Å². The number of carbonyl (C=O) groups is 1. The Morgan fingerprint density at radius 1 is 1.03 bits per heavy atom. The molecule has 4 rings (SSSR count). The Morgan fingerprint density at radius 2 is 1.83 bits per heavy atom. The standard InChI is InChI=1S/C28H33NO6/c1-5-33-23-17-19(11-12-22(23)34-16-13-18(2)3)25-24-26(30)20-9-6-7-10-21(20)35-27(24)28(31)29(25)14-8-15-32-4/h6-7,9-12,17-18,25H,5,8,13-16H2,1-4H3. The lowest BCUT2D eigenvalue weighted by molar-refractivity contribution is 0.0707. The lowest BCUT2D eigenvalue weighted by Gasteiger charge is -2.26. The van der Waals surface area contributed by atoms with Gasteiger partial charge in [0.1, 0.15) is 5.58 Å². The summed E-state index contributed by atoms with van der Waals surface area (Å²) in [7, 11) is 1.63. The van der Waals surface area contributed by atoms with Crippen LogP contribution in [0.5, 0.6) is 11.5 Å². The van der Waals surface area contributed by atoms with Gasteiger partial charge in [-0.05, 0) is 55.5 Å². The molecule has 0 bridgehead atoms. The maximum atomic E-state index is 13.6. The summed E-state index contributed by atoms with van der Waals surface area (Å²) in [5.74, 6) is 1.58. The first-order chi connectivity index (χ1) is 17.0. The predicted molar refractivity (Wildman–Crippen MR) is 134 cm³/mol. The van der Waals surface area contributed by atoms with Gasteiger partial charge in [-0.1, -0.05) is 32.0 Å². The molecule has 1 atom stereocenters. The number of carbonyl (C=O) groups excluding carboxylic acids is 1. The molecule has 35 heavy (non-hydrogen) atoms. The number of hydrogen-bond donors (Lipinski definition) is 0. The van der Waals surface area contributed by atoms with Crippen molar-refractivity contribution in [1.29, 1.82) is 0 Å². The number of hydrogen-bond acceptors (Lipinski definition) is 6. The van der Waals surface area contributed by atoms with Crippen molar-refractivity contribution in [1.82, 2.24) is 4.90 Å². The largest absolute Gasteiger partial charge is 0.490 e. The lowest BCUT2D eigenvalue weighted by atomic mass is 9.98. The molecule has 2 aromatic carbocycles. The Labute approximate surface area is 205 Å². The minimum atomic E-state index is -0.584. The Kier molecular flexibility index (Phi) is 7.76. The number of nitrogens with zero attached hydrogens (tertiary/aromatic N) is 1. The number of benzene rings is 2. The number of rotatable bonds is 11. The lowest BCUT2D eigenvalue weighted by Crippen LogP contribution is -2.31. The van der Waals surface area contributed by atoms with Crippen LogP contribution in [0.2, 0.25) is 0 Å². The molecule has 3 aromatic rings. The van der Waals surface area contributed by atoms with Crippen molar-refractivity contribution in [3.63, 3.8) is 0 Å². The van der Waals surface area contributed by atoms with Gasteiger partial charge < -0.3 is 23.5 Å². The van der Waals surface area contributed by atoms with E-state index >= 15 is 0 Å². The second kappa shape index (κ2) is 11.0. The molecule has 0 fully saturated rings. The van der Waals surface area contributed by atoms with Gasteiger partial charge in [-0.15, -0.1) is 0 Å². The van der Waals surface area contributed by atoms with E-state index in [0.29, 0.717) is 66.7 Å². The quantitative estimate of drug-likeness (QED) is 0.352. The van der Waals surface area contributed by atoms with Crippen LogP contribution in [0.25, 0.3) is 11.0 Å². The molecule has 186 valence electrons. The monoisotopic (exact) mass is 479 g/mol. The van der Waals surface area contributed by atoms with Crippen LogP contribution >= 0.6 is 0 Å². The topological polar surface area (TPSA) is 78.2 Å². The zero-order valence-electron chi connectivity index (χ0n) is 20.8. The maximum absolute atomic E-state index is 13.6. The molecule has 0 saturated heterocycles. The van der Waals surface area contributed by atoms with Crippen molar-refractivity contribution in [2.75, 3.05) is 33.5 Å². The molecule has 1 amide bonds. The first kappa shape index (κ1) is 24.8. The fourth-order valence-electron chi connectivity index (χ4n) is 4.41. The van der Waals surface area contributed by atoms with E-state index in [9.17, 15) is 9.59 Å². The van der Waals surface area contributed by atoms with Crippen molar-refractivity contribution < 1.29 is 23.4 Å². The van der Waals surface area contributed by atoms with E-state index in [4.69, 9.17) is 18.6 Å². The highest BCUT2D eigenvalue weighted by Crippen LogP contribution is 2.41. The van der Waals surface area contributed by atoms with E-state index in [1.807, 2.05) is 25.1 Å². The van der Waals surface area contributed by atoms with Crippen LogP contribution in [0.4, 0.5) is 0 Å². The molecule has 7 nitrogen and oxygen atoms in total. The fraction of sp³-hybridized carbons (Fsp3) is 0.429. The third-order valence-corrected chi connectivity index (χ3v) is 6.16. The molecule has 2 heterocycles. The van der Waals surface area contributed by atoms with Gasteiger partial charge in [0.25, 0.3) is 5.91 Å². The highest BCUT2D eigenvalue weighted by atomic mass is 16.5. The number of methoxy groups -OCH3 is 1. The first-order valence-electron chi connectivity index (χ1n) is 12.2. The predicted octanol–water partition coefficient (Wildman–Crippen LogP) is 5.20. The van der Waals surface area contributed by atoms with Crippen LogP contribution in [0.3, 0.4) is 0 Å². The van der Waals surface area contributed by atoms with Gasteiger partial charge in [-0.3, -0.25) is 9.59 Å². The van der Waals surface area contributed by atoms with Gasteiger partial charge >= 0.3 is 0 Å². The van der Waals surface area contributed by atoms with Crippen LogP contribution in [0, 0.1) is 5.92 Å². The van der Waals surface area contributed by atoms with Gasteiger partial charge in [0.05, 0.1) is 30.2 Å². The molecule has 1 aliphatic rings. The van der Waals surface area contributed by atoms with E-state index in [1.54, 1.807) is 36.3 Å². The zero-order chi connectivity index (χ0) is 24.9. The third kappa shape index (κ3) is 5.05. The molecular weight excluding hydrogens is 446 g/mol. The zero-order valence-corrected chi connectivity index (χ0v) is 20.8. The molecule has 0 aliphatic carbocycles. The second-order valence-corrected chi connectivity index (χ2v) is 9.09. The molecule has 1 aromatic heterocycles. The Balaban J connectivity index is 1.80. The first-order valence-corrected chi connectivity index (χ1v) is 12.2. The molecule has 1 unspecified atom stereocenters. The van der Waals surface area contributed by atoms with Gasteiger partial charge in [0.15, 0.2) is 16.9 Å². The second-order valence-electron chi connectivity index (χ2n) is 9.09. The van der Waals surface area contributed by atoms with Gasteiger partial charge in [0.2, 0.25) is 5.76 Å². The normalized spacial score (nSPS) is 15.2. The minimum Gasteiger partial charge on any atom is -0.490 e. The Morgan fingerprint density at radius 3 is 2.57 bits per heavy atom. The molecule has 7 heteroatoms. The van der Waals surface area contributed by atoms with Gasteiger partial charge in [-0.2, -0.15) is 0 Å². The van der Waals surface area contributed by atoms with E-state index < -0.39 is 6.04 Å². The summed E-state index contributed by atoms with van der Waals surface area (Å²) in [6.45, 7) is 8.19. The van der Waals surface area contributed by atoms with E-state index in [1.165, 1.54) is 0 Å². The van der Waals surface area contributed by atoms with Crippen LogP contribution in [0.15, 0.2) is 51.7 Å². The summed E-state index contributed by atoms with van der Waals surface area (Å²) < 4.78 is 23.1. The Bertz CT molecular complexity index is 1250. The fourth-order valence-corrected chi connectivity index (χ4v) is 4.41. The van der Waals surface area contributed by atoms with Gasteiger partial charge in [-0.25, -0.2) is 0 Å². The molecule has 1 aliphatic heterocycles. The number of ether oxygens (including phenoxy) is 3. The van der Waals surface area contributed by atoms with Crippen LogP contribution in [-0.2, 0) is 4.74 Å². The average Bonchev–Trinajstić information content (AvgIpc) is 3.12. The highest BCUT2D eigenvalue weighted by Gasteiger charge is 2.42. The summed E-state index contributed by atoms with van der Waals surface area (Å²) in [5, 5.41) is 0.460. The molecule has 0 N–H and O–H groups in total. The summed E-state index contributed by atoms with van der Waals surface area (Å²) in [6.07, 6.45) is 1.56. The summed E-state index contributed by atoms with van der Waals surface area (Å²) in [5.41, 5.74) is 1.36. The summed E-state index contributed by atoms with van der Waals surface area (Å²) in [6, 6.07) is 12.1. The SMILES string of the molecule is CCOc1cc(C2c3c(oc4ccccc4c3=O)C(=O)N2CCCOC)ccc1OCCC(C)C. The third-order valence-electron chi connectivity index (χ3n) is 6.16. The average molecular weight is 480 g/mol. The van der Waals surface area contributed by atoms with Crippen molar-refractivity contribution in [3.05, 3.63) is 69.6 Å². The van der Waals surface area contributed by atoms with Crippen molar-refractivity contribution in [2.45, 2.75) is 39.7 Å². The van der Waals surface area contributed by atoms with Crippen LogP contribution in [-0.4, -0.2) is 44.3 Å². The molecular formula is C28H33NO6. The van der Waals surface area contributed by atoms with E-state index in [2.05, 4.69) is 13.8 Å². The molecule has 0 saturated carbocycles. The smallest absolute Gasteiger partial charge is 0.290 e. The van der Waals surface area contributed by atoms with E-state index in [0.717, 1.165) is 12.0 Å². The van der Waals surface area contributed by atoms with Crippen molar-refractivity contribution in [3.8, 4) is 11.5 Å². The molecule has 0 radical (unpaired) electrons. The number of amides is 1. The van der Waals surface area contributed by atoms with Crippen molar-refractivity contribution >= 4 is 16.9 Å². The van der Waals surface area contributed by atoms with Crippen molar-refractivity contribution in [2.24, 2.45) is 5.92 Å². The van der Waals surface area contributed by atoms with Crippen LogP contribution < -0.4 is 14.9 Å². The summed E-state index contributed by atoms with van der Waals surface area (Å²) in [4.78, 5) is 28.7. The summed E-state index contributed by atoms with van der Waals surface area (Å²) >= 11 is 0. The molecule has 0 spiro atoms. The maximum Gasteiger partial charge on any atom is 0.290 e.